The maximum atomic E-state index is 14.0. The number of amides is 3. The summed E-state index contributed by atoms with van der Waals surface area (Å²) >= 11 is 7.54. The first-order chi connectivity index (χ1) is 16.4. The molecule has 2 saturated heterocycles. The van der Waals surface area contributed by atoms with Gasteiger partial charge in [-0.05, 0) is 19.9 Å². The third-order valence-corrected chi connectivity index (χ3v) is 7.85. The van der Waals surface area contributed by atoms with E-state index in [1.54, 1.807) is 45.9 Å². The zero-order valence-electron chi connectivity index (χ0n) is 20.4. The number of imide groups is 1. The van der Waals surface area contributed by atoms with E-state index in [-0.39, 0.29) is 13.0 Å². The van der Waals surface area contributed by atoms with E-state index in [9.17, 15) is 19.2 Å². The van der Waals surface area contributed by atoms with E-state index < -0.39 is 53.5 Å². The van der Waals surface area contributed by atoms with E-state index in [1.807, 2.05) is 0 Å². The summed E-state index contributed by atoms with van der Waals surface area (Å²) in [5.74, 6) is -2.10. The zero-order valence-corrected chi connectivity index (χ0v) is 23.6. The molecule has 3 amide bonds. The number of esters is 1. The molecule has 2 heterocycles. The van der Waals surface area contributed by atoms with Crippen molar-refractivity contribution in [2.75, 3.05) is 13.2 Å². The molecule has 0 aromatic heterocycles. The third kappa shape index (κ3) is 6.45. The second-order valence-corrected chi connectivity index (χ2v) is 11.5. The molecule has 9 nitrogen and oxygen atoms in total. The Kier molecular flexibility index (Phi) is 9.02. The quantitative estimate of drug-likeness (QED) is 0.364. The standard InChI is InChI=1S/C24H33AsClN3O6/c1-5-34-23-17(12-18(30)35-23)29(21(32)16-7-6-10-27-16)22(33)19(24(2,3)4)28-20(31)13-8-9-14(25)15(26)11-13/h8-9,11,16-17,19,23,27H,5-7,10,12,25H2,1-4H3,(H,28,31)/t16-,17-,19+,23+/m0/s1. The Balaban J connectivity index is 1.96. The Morgan fingerprint density at radius 3 is 2.63 bits per heavy atom. The van der Waals surface area contributed by atoms with Crippen LogP contribution >= 0.6 is 11.6 Å². The summed E-state index contributed by atoms with van der Waals surface area (Å²) in [4.78, 5) is 54.0. The van der Waals surface area contributed by atoms with Gasteiger partial charge in [-0.15, -0.1) is 0 Å². The fourth-order valence-electron chi connectivity index (χ4n) is 4.21. The molecular weight excluding hydrogens is 537 g/mol. The number of carbonyl (C=O) groups excluding carboxylic acids is 4. The molecule has 1 aromatic rings. The minimum absolute atomic E-state index is 0.172. The first-order valence-corrected chi connectivity index (χ1v) is 13.3. The molecule has 2 aliphatic heterocycles. The summed E-state index contributed by atoms with van der Waals surface area (Å²) in [5.41, 5.74) is -0.448. The van der Waals surface area contributed by atoms with Gasteiger partial charge in [0.25, 0.3) is 0 Å². The van der Waals surface area contributed by atoms with Gasteiger partial charge in [0.1, 0.15) is 0 Å². The second-order valence-electron chi connectivity index (χ2n) is 9.79. The van der Waals surface area contributed by atoms with Crippen LogP contribution in [-0.4, -0.2) is 83.0 Å². The van der Waals surface area contributed by atoms with Crippen molar-refractivity contribution in [2.45, 2.75) is 71.4 Å². The Bertz CT molecular complexity index is 992. The van der Waals surface area contributed by atoms with Gasteiger partial charge in [0, 0.05) is 6.61 Å². The number of benzene rings is 1. The van der Waals surface area contributed by atoms with Crippen LogP contribution in [0.5, 0.6) is 0 Å². The number of nitrogens with zero attached hydrogens (tertiary/aromatic N) is 1. The maximum absolute atomic E-state index is 14.0. The molecule has 0 bridgehead atoms. The van der Waals surface area contributed by atoms with E-state index in [2.05, 4.69) is 10.6 Å². The number of carbonyl (C=O) groups is 4. The van der Waals surface area contributed by atoms with Crippen molar-refractivity contribution in [3.8, 4) is 0 Å². The van der Waals surface area contributed by atoms with Gasteiger partial charge in [0.2, 0.25) is 0 Å². The SMILES string of the molecule is CCO[C@@H]1OC(=O)C[C@@H]1N(C(=O)[C@@H]1CCCN1)C(=O)[C@@H](NC(=O)c1ccc([AsH2])c(Cl)c1)C(C)(C)C. The molecule has 1 unspecified atom stereocenters. The molecule has 2 fully saturated rings. The van der Waals surface area contributed by atoms with Crippen LogP contribution in [0.3, 0.4) is 0 Å². The third-order valence-electron chi connectivity index (χ3n) is 6.08. The van der Waals surface area contributed by atoms with Crippen molar-refractivity contribution in [3.05, 3.63) is 28.8 Å². The first kappa shape index (κ1) is 27.7. The number of nitrogens with one attached hydrogen (secondary N) is 2. The summed E-state index contributed by atoms with van der Waals surface area (Å²) in [6.07, 6.45) is 0.132. The van der Waals surface area contributed by atoms with Crippen molar-refractivity contribution in [1.82, 2.24) is 15.5 Å². The minimum atomic E-state index is -1.07. The number of halogens is 1. The average Bonchev–Trinajstić information content (AvgIpc) is 3.43. The van der Waals surface area contributed by atoms with Crippen molar-refractivity contribution < 1.29 is 28.7 Å². The van der Waals surface area contributed by atoms with Gasteiger partial charge >= 0.3 is 188 Å². The Morgan fingerprint density at radius 2 is 2.06 bits per heavy atom. The summed E-state index contributed by atoms with van der Waals surface area (Å²) in [5, 5.41) is 6.38. The summed E-state index contributed by atoms with van der Waals surface area (Å²) in [6.45, 7) is 8.03. The molecule has 2 aliphatic rings. The van der Waals surface area contributed by atoms with E-state index in [1.165, 1.54) is 16.9 Å². The molecule has 0 saturated carbocycles. The predicted molar refractivity (Wildman–Crippen MR) is 133 cm³/mol. The first-order valence-electron chi connectivity index (χ1n) is 11.7. The Hall–Kier alpha value is -1.93. The number of hydrogen-bond acceptors (Lipinski definition) is 7. The fourth-order valence-corrected chi connectivity index (χ4v) is 4.77. The van der Waals surface area contributed by atoms with Gasteiger partial charge in [0.05, 0.1) is 0 Å². The van der Waals surface area contributed by atoms with Crippen LogP contribution in [0.25, 0.3) is 0 Å². The van der Waals surface area contributed by atoms with E-state index >= 15 is 0 Å². The molecule has 0 aliphatic carbocycles. The van der Waals surface area contributed by atoms with E-state index in [0.717, 1.165) is 15.7 Å². The normalized spacial score (nSPS) is 23.0. The number of hydrogen-bond donors (Lipinski definition) is 2. The van der Waals surface area contributed by atoms with Crippen LogP contribution in [-0.2, 0) is 23.9 Å². The number of rotatable bonds is 7. The zero-order chi connectivity index (χ0) is 25.9. The van der Waals surface area contributed by atoms with Crippen molar-refractivity contribution in [3.63, 3.8) is 0 Å². The molecule has 0 spiro atoms. The van der Waals surface area contributed by atoms with Crippen LogP contribution in [0.2, 0.25) is 5.02 Å². The Morgan fingerprint density at radius 1 is 1.34 bits per heavy atom. The van der Waals surface area contributed by atoms with Gasteiger partial charge in [-0.3, -0.25) is 4.79 Å². The Labute approximate surface area is 219 Å². The molecular formula is C24H33AsClN3O6. The molecule has 192 valence electrons. The van der Waals surface area contributed by atoms with Crippen LogP contribution in [0, 0.1) is 5.41 Å². The van der Waals surface area contributed by atoms with Gasteiger partial charge in [-0.25, -0.2) is 0 Å². The monoisotopic (exact) mass is 569 g/mol. The molecule has 1 aromatic carbocycles. The van der Waals surface area contributed by atoms with Gasteiger partial charge in [-0.2, -0.15) is 0 Å². The van der Waals surface area contributed by atoms with Crippen LogP contribution in [0.1, 0.15) is 57.3 Å². The van der Waals surface area contributed by atoms with Crippen LogP contribution < -0.4 is 15.0 Å². The summed E-state index contributed by atoms with van der Waals surface area (Å²) in [6, 6.07) is 2.39. The fraction of sp³-hybridized carbons (Fsp3) is 0.583. The van der Waals surface area contributed by atoms with Crippen LogP contribution in [0.15, 0.2) is 18.2 Å². The van der Waals surface area contributed by atoms with Gasteiger partial charge in [0.15, 0.2) is 0 Å². The van der Waals surface area contributed by atoms with E-state index in [4.69, 9.17) is 21.1 Å². The molecule has 2 N–H and O–H groups in total. The number of ether oxygens (including phenoxy) is 2. The predicted octanol–water partition coefficient (Wildman–Crippen LogP) is 0.528. The van der Waals surface area contributed by atoms with Crippen molar-refractivity contribution in [2.24, 2.45) is 5.41 Å². The van der Waals surface area contributed by atoms with Gasteiger partial charge in [-0.1, -0.05) is 0 Å². The molecule has 35 heavy (non-hydrogen) atoms. The van der Waals surface area contributed by atoms with Crippen molar-refractivity contribution >= 4 is 56.5 Å². The second kappa shape index (κ2) is 11.4. The average molecular weight is 570 g/mol. The molecule has 11 heteroatoms. The van der Waals surface area contributed by atoms with E-state index in [0.29, 0.717) is 23.6 Å². The van der Waals surface area contributed by atoms with Crippen molar-refractivity contribution in [1.29, 1.82) is 0 Å². The topological polar surface area (TPSA) is 114 Å². The van der Waals surface area contributed by atoms with Gasteiger partial charge < -0.3 is 0 Å². The van der Waals surface area contributed by atoms with Crippen LogP contribution in [0.4, 0.5) is 0 Å². The summed E-state index contributed by atoms with van der Waals surface area (Å²) in [7, 11) is 0. The molecule has 5 atom stereocenters. The summed E-state index contributed by atoms with van der Waals surface area (Å²) < 4.78 is 11.7. The molecule has 0 radical (unpaired) electrons. The number of cyclic esters (lactones) is 1. The molecule has 3 rings (SSSR count).